The van der Waals surface area contributed by atoms with Gasteiger partial charge in [-0.25, -0.2) is 9.59 Å². The van der Waals surface area contributed by atoms with Crippen molar-refractivity contribution in [2.45, 2.75) is 13.3 Å². The number of amidine groups is 2. The molecule has 0 saturated carbocycles. The van der Waals surface area contributed by atoms with Crippen molar-refractivity contribution in [3.63, 3.8) is 0 Å². The van der Waals surface area contributed by atoms with Crippen molar-refractivity contribution in [2.75, 3.05) is 54.0 Å². The predicted octanol–water partition coefficient (Wildman–Crippen LogP) is 4.24. The van der Waals surface area contributed by atoms with E-state index in [2.05, 4.69) is 47.2 Å². The summed E-state index contributed by atoms with van der Waals surface area (Å²) in [5, 5.41) is 20.3. The Labute approximate surface area is 255 Å². The molecule has 0 fully saturated rings. The summed E-state index contributed by atoms with van der Waals surface area (Å²) in [5.74, 6) is 1.33. The third kappa shape index (κ3) is 8.23. The Morgan fingerprint density at radius 3 is 1.67 bits per heavy atom. The van der Waals surface area contributed by atoms with Gasteiger partial charge in [-0.3, -0.25) is 14.8 Å². The van der Waals surface area contributed by atoms with E-state index < -0.39 is 12.1 Å². The molecule has 0 spiro atoms. The lowest BCUT2D eigenvalue weighted by Crippen LogP contribution is -2.27. The van der Waals surface area contributed by atoms with Crippen LogP contribution in [0.3, 0.4) is 0 Å². The van der Waals surface area contributed by atoms with Gasteiger partial charge in [-0.1, -0.05) is 6.92 Å². The normalized spacial score (nSPS) is 13.3. The predicted molar refractivity (Wildman–Crippen MR) is 173 cm³/mol. The van der Waals surface area contributed by atoms with E-state index in [-0.39, 0.29) is 29.6 Å². The van der Waals surface area contributed by atoms with E-state index in [9.17, 15) is 14.4 Å². The Balaban J connectivity index is 0.00000423. The second-order valence-electron chi connectivity index (χ2n) is 9.64. The van der Waals surface area contributed by atoms with Gasteiger partial charge in [0, 0.05) is 47.8 Å². The summed E-state index contributed by atoms with van der Waals surface area (Å²) in [6, 6.07) is 18.3. The van der Waals surface area contributed by atoms with Crippen LogP contribution in [0.15, 0.2) is 76.7 Å². The van der Waals surface area contributed by atoms with E-state index in [0.29, 0.717) is 23.6 Å². The van der Waals surface area contributed by atoms with Crippen LogP contribution in [0.4, 0.5) is 32.3 Å². The first-order valence-electron chi connectivity index (χ1n) is 13.8. The lowest BCUT2D eigenvalue weighted by atomic mass is 10.1. The molecular weight excluding hydrogens is 570 g/mol. The Hall–Kier alpha value is -5.10. The number of nitrogens with one attached hydrogen (secondary N) is 7. The van der Waals surface area contributed by atoms with Gasteiger partial charge >= 0.3 is 12.1 Å². The standard InChI is InChI=1S/C30H33N9O3.ClH/c1-2-13-35-28(40)24-12-11-23(38-29(41)36-21-7-3-19(4-8-21)26-31-14-15-32-26)18-25(24)39-30(42)37-22-9-5-20(6-10-22)27-33-16-17-34-27;/h3-12,18H,2,13-17H2,1H3,(H,31,32)(H,33,34)(H,35,40)(H2,36,38,41)(H2,37,39,42);1H. The number of carbonyl (C=O) groups is 3. The number of urea groups is 2. The Kier molecular flexibility index (Phi) is 10.5. The molecule has 13 heteroatoms. The third-order valence-electron chi connectivity index (χ3n) is 6.49. The molecule has 0 aliphatic carbocycles. The molecule has 0 atom stereocenters. The number of nitrogens with zero attached hydrogens (tertiary/aromatic N) is 2. The van der Waals surface area contributed by atoms with E-state index in [1.807, 2.05) is 31.2 Å². The monoisotopic (exact) mass is 603 g/mol. The van der Waals surface area contributed by atoms with Gasteiger partial charge < -0.3 is 37.2 Å². The number of hydrogen-bond acceptors (Lipinski definition) is 7. The van der Waals surface area contributed by atoms with Gasteiger partial charge in [0.15, 0.2) is 0 Å². The highest BCUT2D eigenvalue weighted by molar-refractivity contribution is 6.08. The molecule has 0 bridgehead atoms. The fourth-order valence-corrected chi connectivity index (χ4v) is 4.44. The van der Waals surface area contributed by atoms with Gasteiger partial charge in [0.05, 0.1) is 24.3 Å². The number of halogens is 1. The van der Waals surface area contributed by atoms with Crippen LogP contribution in [0, 0.1) is 0 Å². The SMILES string of the molecule is CCCNC(=O)c1ccc(NC(=O)Nc2ccc(C3=NCCN3)cc2)cc1NC(=O)Nc1ccc(C2=NCCN2)cc1.Cl. The van der Waals surface area contributed by atoms with E-state index in [4.69, 9.17) is 0 Å². The molecule has 5 amide bonds. The molecule has 2 heterocycles. The van der Waals surface area contributed by atoms with E-state index >= 15 is 0 Å². The zero-order chi connectivity index (χ0) is 29.3. The molecule has 0 saturated heterocycles. The Morgan fingerprint density at radius 2 is 1.19 bits per heavy atom. The van der Waals surface area contributed by atoms with Crippen molar-refractivity contribution in [1.29, 1.82) is 0 Å². The maximum atomic E-state index is 12.9. The molecule has 224 valence electrons. The summed E-state index contributed by atoms with van der Waals surface area (Å²) in [7, 11) is 0. The minimum absolute atomic E-state index is 0. The van der Waals surface area contributed by atoms with Crippen molar-refractivity contribution >= 4 is 64.8 Å². The van der Waals surface area contributed by atoms with Crippen molar-refractivity contribution < 1.29 is 14.4 Å². The largest absolute Gasteiger partial charge is 0.368 e. The van der Waals surface area contributed by atoms with Crippen LogP contribution in [0.5, 0.6) is 0 Å². The minimum atomic E-state index is -0.535. The maximum absolute atomic E-state index is 12.9. The second-order valence-corrected chi connectivity index (χ2v) is 9.64. The molecule has 2 aliphatic rings. The number of hydrogen-bond donors (Lipinski definition) is 7. The van der Waals surface area contributed by atoms with Gasteiger partial charge in [0.2, 0.25) is 0 Å². The zero-order valence-electron chi connectivity index (χ0n) is 23.6. The van der Waals surface area contributed by atoms with Crippen LogP contribution in [-0.2, 0) is 0 Å². The fourth-order valence-electron chi connectivity index (χ4n) is 4.44. The van der Waals surface area contributed by atoms with Crippen LogP contribution in [-0.4, -0.2) is 62.4 Å². The number of amides is 5. The molecule has 5 rings (SSSR count). The van der Waals surface area contributed by atoms with Gasteiger partial charge in [-0.15, -0.1) is 12.4 Å². The Morgan fingerprint density at radius 1 is 0.698 bits per heavy atom. The van der Waals surface area contributed by atoms with Crippen LogP contribution >= 0.6 is 12.4 Å². The first-order valence-corrected chi connectivity index (χ1v) is 13.8. The summed E-state index contributed by atoms with van der Waals surface area (Å²) in [6.07, 6.45) is 0.762. The zero-order valence-corrected chi connectivity index (χ0v) is 24.4. The molecule has 7 N–H and O–H groups in total. The minimum Gasteiger partial charge on any atom is -0.368 e. The highest BCUT2D eigenvalue weighted by Crippen LogP contribution is 2.23. The summed E-state index contributed by atoms with van der Waals surface area (Å²) >= 11 is 0. The topological polar surface area (TPSA) is 160 Å². The third-order valence-corrected chi connectivity index (χ3v) is 6.49. The van der Waals surface area contributed by atoms with E-state index in [0.717, 1.165) is 55.4 Å². The van der Waals surface area contributed by atoms with Gasteiger partial charge in [0.25, 0.3) is 5.91 Å². The van der Waals surface area contributed by atoms with E-state index in [1.54, 1.807) is 42.5 Å². The van der Waals surface area contributed by atoms with Gasteiger partial charge in [-0.2, -0.15) is 0 Å². The summed E-state index contributed by atoms with van der Waals surface area (Å²) in [4.78, 5) is 47.2. The van der Waals surface area contributed by atoms with Crippen LogP contribution in [0.25, 0.3) is 0 Å². The van der Waals surface area contributed by atoms with Crippen molar-refractivity contribution in [2.24, 2.45) is 9.98 Å². The second kappa shape index (κ2) is 14.7. The van der Waals surface area contributed by atoms with Crippen LogP contribution in [0.1, 0.15) is 34.8 Å². The molecule has 2 aliphatic heterocycles. The maximum Gasteiger partial charge on any atom is 0.323 e. The highest BCUT2D eigenvalue weighted by atomic mass is 35.5. The molecule has 3 aromatic rings. The van der Waals surface area contributed by atoms with E-state index in [1.165, 1.54) is 0 Å². The van der Waals surface area contributed by atoms with Crippen molar-refractivity contribution in [3.05, 3.63) is 83.4 Å². The molecule has 43 heavy (non-hydrogen) atoms. The van der Waals surface area contributed by atoms with Crippen molar-refractivity contribution in [1.82, 2.24) is 16.0 Å². The summed E-state index contributed by atoms with van der Waals surface area (Å²) in [5.41, 5.74) is 3.96. The summed E-state index contributed by atoms with van der Waals surface area (Å²) in [6.45, 7) is 5.55. The molecule has 3 aromatic carbocycles. The highest BCUT2D eigenvalue weighted by Gasteiger charge is 2.16. The number of rotatable bonds is 9. The smallest absolute Gasteiger partial charge is 0.323 e. The lowest BCUT2D eigenvalue weighted by molar-refractivity contribution is 0.0954. The fraction of sp³-hybridized carbons (Fsp3) is 0.233. The molecule has 0 unspecified atom stereocenters. The number of benzene rings is 3. The van der Waals surface area contributed by atoms with Gasteiger partial charge in [-0.05, 0) is 73.2 Å². The molecule has 12 nitrogen and oxygen atoms in total. The number of anilines is 4. The average molecular weight is 604 g/mol. The number of carbonyl (C=O) groups excluding carboxylic acids is 3. The Bertz CT molecular complexity index is 1520. The lowest BCUT2D eigenvalue weighted by Gasteiger charge is -2.15. The van der Waals surface area contributed by atoms with Gasteiger partial charge in [0.1, 0.15) is 11.7 Å². The first-order chi connectivity index (χ1) is 20.5. The first kappa shape index (κ1) is 30.8. The van der Waals surface area contributed by atoms with Crippen LogP contribution < -0.4 is 37.2 Å². The quantitative estimate of drug-likeness (QED) is 0.194. The average Bonchev–Trinajstić information content (AvgIpc) is 3.72. The number of aliphatic imine (C=N–C) groups is 2. The molecule has 0 radical (unpaired) electrons. The summed E-state index contributed by atoms with van der Waals surface area (Å²) < 4.78 is 0. The molecule has 0 aromatic heterocycles. The van der Waals surface area contributed by atoms with Crippen LogP contribution in [0.2, 0.25) is 0 Å². The molecular formula is C30H34ClN9O3. The van der Waals surface area contributed by atoms with Crippen molar-refractivity contribution in [3.8, 4) is 0 Å².